The second-order valence-electron chi connectivity index (χ2n) is 5.42. The Hall–Kier alpha value is -1.79. The molecule has 0 spiro atoms. The van der Waals surface area contributed by atoms with Crippen molar-refractivity contribution in [3.8, 4) is 0 Å². The summed E-state index contributed by atoms with van der Waals surface area (Å²) in [7, 11) is 0. The number of nitrogens with one attached hydrogen (secondary N) is 1. The van der Waals surface area contributed by atoms with E-state index in [9.17, 15) is 14.4 Å². The van der Waals surface area contributed by atoms with Gasteiger partial charge in [0.05, 0.1) is 5.92 Å². The number of piperazine rings is 1. The number of urea groups is 1. The van der Waals surface area contributed by atoms with Crippen LogP contribution in [0, 0.1) is 5.92 Å². The molecule has 2 N–H and O–H groups in total. The fraction of sp³-hybridized carbons (Fsp3) is 0.769. The largest absolute Gasteiger partial charge is 0.481 e. The minimum absolute atomic E-state index is 0.0202. The SMILES string of the molecule is CC(=O)N1CCN(C(=O)NC2CCCC2C(=O)O)CC1. The van der Waals surface area contributed by atoms with Crippen LogP contribution in [0.2, 0.25) is 0 Å². The molecule has 0 radical (unpaired) electrons. The summed E-state index contributed by atoms with van der Waals surface area (Å²) >= 11 is 0. The quantitative estimate of drug-likeness (QED) is 0.753. The first-order valence-corrected chi connectivity index (χ1v) is 7.03. The first-order chi connectivity index (χ1) is 9.49. The number of nitrogens with zero attached hydrogens (tertiary/aromatic N) is 2. The van der Waals surface area contributed by atoms with Crippen molar-refractivity contribution >= 4 is 17.9 Å². The van der Waals surface area contributed by atoms with Crippen LogP contribution in [0.5, 0.6) is 0 Å². The molecular formula is C13H21N3O4. The monoisotopic (exact) mass is 283 g/mol. The standard InChI is InChI=1S/C13H21N3O4/c1-9(17)15-5-7-16(8-6-15)13(20)14-11-4-2-3-10(11)12(18)19/h10-11H,2-8H2,1H3,(H,14,20)(H,18,19). The van der Waals surface area contributed by atoms with Crippen molar-refractivity contribution in [3.05, 3.63) is 0 Å². The van der Waals surface area contributed by atoms with Crippen LogP contribution in [0.15, 0.2) is 0 Å². The Morgan fingerprint density at radius 2 is 1.65 bits per heavy atom. The van der Waals surface area contributed by atoms with Crippen LogP contribution in [-0.2, 0) is 9.59 Å². The minimum Gasteiger partial charge on any atom is -0.481 e. The van der Waals surface area contributed by atoms with Crippen molar-refractivity contribution in [2.45, 2.75) is 32.2 Å². The zero-order valence-electron chi connectivity index (χ0n) is 11.7. The van der Waals surface area contributed by atoms with Crippen molar-refractivity contribution in [1.82, 2.24) is 15.1 Å². The average Bonchev–Trinajstić information content (AvgIpc) is 2.87. The molecule has 7 nitrogen and oxygen atoms in total. The van der Waals surface area contributed by atoms with Gasteiger partial charge in [0.2, 0.25) is 5.91 Å². The van der Waals surface area contributed by atoms with E-state index in [4.69, 9.17) is 5.11 Å². The molecule has 1 saturated carbocycles. The highest BCUT2D eigenvalue weighted by Crippen LogP contribution is 2.26. The molecule has 1 aliphatic heterocycles. The third-order valence-corrected chi connectivity index (χ3v) is 4.15. The number of hydrogen-bond donors (Lipinski definition) is 2. The summed E-state index contributed by atoms with van der Waals surface area (Å²) in [6, 6.07) is -0.489. The maximum absolute atomic E-state index is 12.1. The molecule has 0 aromatic carbocycles. The third kappa shape index (κ3) is 3.20. The van der Waals surface area contributed by atoms with Gasteiger partial charge in [0.15, 0.2) is 0 Å². The molecule has 112 valence electrons. The molecule has 2 atom stereocenters. The normalized spacial score (nSPS) is 26.4. The van der Waals surface area contributed by atoms with Gasteiger partial charge in [0, 0.05) is 39.1 Å². The van der Waals surface area contributed by atoms with Crippen molar-refractivity contribution in [2.24, 2.45) is 5.92 Å². The molecule has 1 aliphatic carbocycles. The lowest BCUT2D eigenvalue weighted by molar-refractivity contribution is -0.142. The van der Waals surface area contributed by atoms with E-state index in [2.05, 4.69) is 5.32 Å². The number of amides is 3. The van der Waals surface area contributed by atoms with E-state index in [1.165, 1.54) is 6.92 Å². The van der Waals surface area contributed by atoms with E-state index in [1.807, 2.05) is 0 Å². The summed E-state index contributed by atoms with van der Waals surface area (Å²) in [5.41, 5.74) is 0. The van der Waals surface area contributed by atoms with Gasteiger partial charge in [0.25, 0.3) is 0 Å². The number of carboxylic acids is 1. The van der Waals surface area contributed by atoms with Gasteiger partial charge in [-0.3, -0.25) is 9.59 Å². The summed E-state index contributed by atoms with van der Waals surface area (Å²) in [6.07, 6.45) is 2.18. The molecule has 1 saturated heterocycles. The summed E-state index contributed by atoms with van der Waals surface area (Å²) in [4.78, 5) is 37.8. The molecule has 0 bridgehead atoms. The van der Waals surface area contributed by atoms with Gasteiger partial charge in [0.1, 0.15) is 0 Å². The maximum Gasteiger partial charge on any atom is 0.317 e. The smallest absolute Gasteiger partial charge is 0.317 e. The van der Waals surface area contributed by atoms with E-state index in [-0.39, 0.29) is 18.0 Å². The van der Waals surface area contributed by atoms with E-state index < -0.39 is 11.9 Å². The highest BCUT2D eigenvalue weighted by molar-refractivity contribution is 5.78. The average molecular weight is 283 g/mol. The number of hydrogen-bond acceptors (Lipinski definition) is 3. The van der Waals surface area contributed by atoms with Crippen molar-refractivity contribution < 1.29 is 19.5 Å². The zero-order chi connectivity index (χ0) is 14.7. The Balaban J connectivity index is 1.84. The van der Waals surface area contributed by atoms with Crippen LogP contribution in [0.25, 0.3) is 0 Å². The third-order valence-electron chi connectivity index (χ3n) is 4.15. The lowest BCUT2D eigenvalue weighted by Gasteiger charge is -2.35. The van der Waals surface area contributed by atoms with Crippen molar-refractivity contribution in [1.29, 1.82) is 0 Å². The van der Waals surface area contributed by atoms with Crippen LogP contribution in [0.1, 0.15) is 26.2 Å². The van der Waals surface area contributed by atoms with E-state index in [0.717, 1.165) is 12.8 Å². The Kier molecular flexibility index (Phi) is 4.46. The highest BCUT2D eigenvalue weighted by Gasteiger charge is 2.35. The number of rotatable bonds is 2. The first kappa shape index (κ1) is 14.6. The molecule has 20 heavy (non-hydrogen) atoms. The Morgan fingerprint density at radius 3 is 2.20 bits per heavy atom. The Bertz CT molecular complexity index is 404. The summed E-state index contributed by atoms with van der Waals surface area (Å²) < 4.78 is 0. The van der Waals surface area contributed by atoms with Gasteiger partial charge in [-0.2, -0.15) is 0 Å². The topological polar surface area (TPSA) is 90.0 Å². The Labute approximate surface area is 117 Å². The first-order valence-electron chi connectivity index (χ1n) is 7.03. The maximum atomic E-state index is 12.1. The van der Waals surface area contributed by atoms with Gasteiger partial charge in [-0.15, -0.1) is 0 Å². The fourth-order valence-corrected chi connectivity index (χ4v) is 2.90. The van der Waals surface area contributed by atoms with Gasteiger partial charge < -0.3 is 20.2 Å². The summed E-state index contributed by atoms with van der Waals surface area (Å²) in [5.74, 6) is -1.29. The lowest BCUT2D eigenvalue weighted by atomic mass is 10.0. The molecule has 2 rings (SSSR count). The van der Waals surface area contributed by atoms with E-state index >= 15 is 0 Å². The molecule has 1 heterocycles. The molecule has 2 unspecified atom stereocenters. The second kappa shape index (κ2) is 6.11. The van der Waals surface area contributed by atoms with Gasteiger partial charge in [-0.25, -0.2) is 4.79 Å². The van der Waals surface area contributed by atoms with Crippen LogP contribution in [-0.4, -0.2) is 65.0 Å². The predicted molar refractivity (Wildman–Crippen MR) is 71.1 cm³/mol. The molecular weight excluding hydrogens is 262 g/mol. The molecule has 2 aliphatic rings. The molecule has 7 heteroatoms. The van der Waals surface area contributed by atoms with Crippen molar-refractivity contribution in [2.75, 3.05) is 26.2 Å². The van der Waals surface area contributed by atoms with E-state index in [1.54, 1.807) is 9.80 Å². The second-order valence-corrected chi connectivity index (χ2v) is 5.42. The van der Waals surface area contributed by atoms with Crippen LogP contribution in [0.3, 0.4) is 0 Å². The van der Waals surface area contributed by atoms with Crippen LogP contribution in [0.4, 0.5) is 4.79 Å². The fourth-order valence-electron chi connectivity index (χ4n) is 2.90. The highest BCUT2D eigenvalue weighted by atomic mass is 16.4. The van der Waals surface area contributed by atoms with Gasteiger partial charge in [-0.05, 0) is 12.8 Å². The molecule has 0 aromatic heterocycles. The molecule has 2 fully saturated rings. The number of carbonyl (C=O) groups is 3. The number of carbonyl (C=O) groups excluding carboxylic acids is 2. The minimum atomic E-state index is -0.839. The van der Waals surface area contributed by atoms with Crippen LogP contribution >= 0.6 is 0 Å². The van der Waals surface area contributed by atoms with E-state index in [0.29, 0.717) is 32.6 Å². The van der Waals surface area contributed by atoms with Gasteiger partial charge in [-0.1, -0.05) is 6.42 Å². The van der Waals surface area contributed by atoms with Crippen LogP contribution < -0.4 is 5.32 Å². The molecule has 3 amide bonds. The lowest BCUT2D eigenvalue weighted by Crippen LogP contribution is -2.55. The predicted octanol–water partition coefficient (Wildman–Crippen LogP) is 0.113. The number of aliphatic carboxylic acids is 1. The number of carboxylic acid groups (broad SMARTS) is 1. The zero-order valence-corrected chi connectivity index (χ0v) is 11.7. The summed E-state index contributed by atoms with van der Waals surface area (Å²) in [6.45, 7) is 3.59. The van der Waals surface area contributed by atoms with Crippen molar-refractivity contribution in [3.63, 3.8) is 0 Å². The summed E-state index contributed by atoms with van der Waals surface area (Å²) in [5, 5.41) is 11.9. The molecule has 0 aromatic rings. The van der Waals surface area contributed by atoms with Gasteiger partial charge >= 0.3 is 12.0 Å². The Morgan fingerprint density at radius 1 is 1.05 bits per heavy atom.